The summed E-state index contributed by atoms with van der Waals surface area (Å²) in [6.45, 7) is 0.668. The summed E-state index contributed by atoms with van der Waals surface area (Å²) in [4.78, 5) is 23.8. The highest BCUT2D eigenvalue weighted by atomic mass is 16.6. The lowest BCUT2D eigenvalue weighted by Crippen LogP contribution is -2.31. The molecule has 0 spiro atoms. The Bertz CT molecular complexity index is 1150. The molecule has 0 heterocycles. The summed E-state index contributed by atoms with van der Waals surface area (Å²) in [5, 5.41) is 18.4. The van der Waals surface area contributed by atoms with Gasteiger partial charge >= 0.3 is 6.03 Å². The largest absolute Gasteiger partial charge is 0.493 e. The second-order valence-electron chi connectivity index (χ2n) is 6.91. The first kappa shape index (κ1) is 23.1. The zero-order chi connectivity index (χ0) is 23.8. The molecule has 0 saturated heterocycles. The molecule has 0 atom stereocenters. The topological polar surface area (TPSA) is 158 Å². The van der Waals surface area contributed by atoms with E-state index in [9.17, 15) is 14.9 Å². The number of hydrogen-bond acceptors (Lipinski definition) is 6. The van der Waals surface area contributed by atoms with E-state index in [1.165, 1.54) is 29.2 Å². The van der Waals surface area contributed by atoms with E-state index in [2.05, 4.69) is 0 Å². The molecule has 0 aliphatic rings. The first-order valence-corrected chi connectivity index (χ1v) is 10.00. The molecule has 170 valence electrons. The van der Waals surface area contributed by atoms with Crippen LogP contribution in [0.1, 0.15) is 12.0 Å². The first-order chi connectivity index (χ1) is 15.9. The molecule has 0 bridgehead atoms. The Kier molecular flexibility index (Phi) is 7.43. The Hall–Kier alpha value is -4.60. The van der Waals surface area contributed by atoms with Crippen LogP contribution in [0.4, 0.5) is 21.9 Å². The number of non-ortho nitro benzene ring substituents is 1. The van der Waals surface area contributed by atoms with Crippen molar-refractivity contribution in [1.29, 1.82) is 5.41 Å². The maximum Gasteiger partial charge on any atom is 0.324 e. The van der Waals surface area contributed by atoms with Crippen molar-refractivity contribution in [3.63, 3.8) is 0 Å². The third-order valence-electron chi connectivity index (χ3n) is 4.61. The third kappa shape index (κ3) is 5.97. The number of urea groups is 1. The molecule has 0 aliphatic heterocycles. The second kappa shape index (κ2) is 10.6. The van der Waals surface area contributed by atoms with Gasteiger partial charge in [0, 0.05) is 24.1 Å². The highest BCUT2D eigenvalue weighted by Gasteiger charge is 2.20. The minimum atomic E-state index is -0.756. The summed E-state index contributed by atoms with van der Waals surface area (Å²) >= 11 is 0. The van der Waals surface area contributed by atoms with Gasteiger partial charge in [0.25, 0.3) is 5.69 Å². The molecule has 0 unspecified atom stereocenters. The maximum atomic E-state index is 12.2. The molecule has 33 heavy (non-hydrogen) atoms. The van der Waals surface area contributed by atoms with Crippen LogP contribution in [0, 0.1) is 15.5 Å². The van der Waals surface area contributed by atoms with Gasteiger partial charge in [-0.3, -0.25) is 20.4 Å². The van der Waals surface area contributed by atoms with Gasteiger partial charge in [0.1, 0.15) is 17.3 Å². The van der Waals surface area contributed by atoms with E-state index in [0.29, 0.717) is 48.1 Å². The standard InChI is InChI=1S/C23H23N5O5/c24-22(25)16-5-3-6-19(15-16)32-13-4-14-33-21-8-2-1-7-20(21)27(23(26)29)17-9-11-18(12-10-17)28(30)31/h1-3,5-12,15H,4,13-14H2,(H3,24,25)(H2,26,29). The average molecular weight is 449 g/mol. The van der Waals surface area contributed by atoms with Crippen LogP contribution in [0.2, 0.25) is 0 Å². The van der Waals surface area contributed by atoms with Crippen molar-refractivity contribution in [2.75, 3.05) is 18.1 Å². The van der Waals surface area contributed by atoms with E-state index >= 15 is 0 Å². The molecule has 0 radical (unpaired) electrons. The molecule has 2 amide bonds. The van der Waals surface area contributed by atoms with Crippen LogP contribution in [0.15, 0.2) is 72.8 Å². The molecular formula is C23H23N5O5. The Morgan fingerprint density at radius 3 is 2.33 bits per heavy atom. The smallest absolute Gasteiger partial charge is 0.324 e. The zero-order valence-electron chi connectivity index (χ0n) is 17.6. The molecule has 3 rings (SSSR count). The molecule has 0 saturated carbocycles. The Morgan fingerprint density at radius 1 is 0.970 bits per heavy atom. The molecule has 10 nitrogen and oxygen atoms in total. The van der Waals surface area contributed by atoms with E-state index in [-0.39, 0.29) is 11.5 Å². The van der Waals surface area contributed by atoms with Gasteiger partial charge < -0.3 is 20.9 Å². The van der Waals surface area contributed by atoms with E-state index in [0.717, 1.165) is 0 Å². The summed E-state index contributed by atoms with van der Waals surface area (Å²) in [7, 11) is 0. The lowest BCUT2D eigenvalue weighted by molar-refractivity contribution is -0.384. The van der Waals surface area contributed by atoms with Crippen molar-refractivity contribution in [3.05, 3.63) is 88.5 Å². The number of amidine groups is 1. The van der Waals surface area contributed by atoms with Gasteiger partial charge in [0.05, 0.1) is 29.5 Å². The van der Waals surface area contributed by atoms with Gasteiger partial charge in [-0.25, -0.2) is 4.79 Å². The van der Waals surface area contributed by atoms with Crippen molar-refractivity contribution in [3.8, 4) is 11.5 Å². The van der Waals surface area contributed by atoms with Crippen molar-refractivity contribution in [1.82, 2.24) is 0 Å². The third-order valence-corrected chi connectivity index (χ3v) is 4.61. The van der Waals surface area contributed by atoms with E-state index in [1.54, 1.807) is 48.5 Å². The Labute approximate surface area is 190 Å². The Morgan fingerprint density at radius 2 is 1.67 bits per heavy atom. The van der Waals surface area contributed by atoms with Crippen LogP contribution >= 0.6 is 0 Å². The van der Waals surface area contributed by atoms with Crippen molar-refractivity contribution in [2.45, 2.75) is 6.42 Å². The van der Waals surface area contributed by atoms with Crippen molar-refractivity contribution in [2.24, 2.45) is 11.5 Å². The van der Waals surface area contributed by atoms with E-state index < -0.39 is 11.0 Å². The molecular weight excluding hydrogens is 426 g/mol. The van der Waals surface area contributed by atoms with Gasteiger partial charge in [0.2, 0.25) is 0 Å². The number of carbonyl (C=O) groups is 1. The van der Waals surface area contributed by atoms with Gasteiger partial charge in [-0.15, -0.1) is 0 Å². The minimum Gasteiger partial charge on any atom is -0.493 e. The number of nitrogens with zero attached hydrogens (tertiary/aromatic N) is 2. The number of hydrogen-bond donors (Lipinski definition) is 3. The van der Waals surface area contributed by atoms with Crippen LogP contribution in [0.3, 0.4) is 0 Å². The summed E-state index contributed by atoms with van der Waals surface area (Å²) in [5.41, 5.74) is 12.3. The molecule has 3 aromatic carbocycles. The number of nitrogen functional groups attached to an aromatic ring is 1. The zero-order valence-corrected chi connectivity index (χ0v) is 17.6. The average Bonchev–Trinajstić information content (AvgIpc) is 2.80. The highest BCUT2D eigenvalue weighted by molar-refractivity contribution is 6.00. The lowest BCUT2D eigenvalue weighted by atomic mass is 10.2. The monoisotopic (exact) mass is 449 g/mol. The number of anilines is 2. The quantitative estimate of drug-likeness (QED) is 0.140. The van der Waals surface area contributed by atoms with Gasteiger partial charge in [-0.2, -0.15) is 0 Å². The number of carbonyl (C=O) groups excluding carboxylic acids is 1. The van der Waals surface area contributed by atoms with Crippen LogP contribution in [0.5, 0.6) is 11.5 Å². The van der Waals surface area contributed by atoms with E-state index in [4.69, 9.17) is 26.4 Å². The molecule has 3 aromatic rings. The van der Waals surface area contributed by atoms with Crippen LogP contribution < -0.4 is 25.8 Å². The summed E-state index contributed by atoms with van der Waals surface area (Å²) < 4.78 is 11.5. The van der Waals surface area contributed by atoms with Gasteiger partial charge in [0.15, 0.2) is 0 Å². The fourth-order valence-corrected chi connectivity index (χ4v) is 3.06. The predicted octanol–water partition coefficient (Wildman–Crippen LogP) is 3.94. The normalized spacial score (nSPS) is 10.3. The number of nitro benzene ring substituents is 1. The molecule has 0 fully saturated rings. The number of primary amides is 1. The number of ether oxygens (including phenoxy) is 2. The Balaban J connectivity index is 1.65. The number of nitrogens with two attached hydrogens (primary N) is 2. The fraction of sp³-hybridized carbons (Fsp3) is 0.130. The first-order valence-electron chi connectivity index (χ1n) is 10.00. The molecule has 0 aromatic heterocycles. The minimum absolute atomic E-state index is 0.0348. The predicted molar refractivity (Wildman–Crippen MR) is 124 cm³/mol. The summed E-state index contributed by atoms with van der Waals surface area (Å²) in [5.74, 6) is 0.988. The highest BCUT2D eigenvalue weighted by Crippen LogP contribution is 2.34. The fourth-order valence-electron chi connectivity index (χ4n) is 3.06. The summed E-state index contributed by atoms with van der Waals surface area (Å²) in [6.07, 6.45) is 0.548. The molecule has 5 N–H and O–H groups in total. The SMILES string of the molecule is N=C(N)c1cccc(OCCCOc2ccccc2N(C(N)=O)c2ccc([N+](=O)[O-])cc2)c1. The van der Waals surface area contributed by atoms with E-state index in [1.807, 2.05) is 0 Å². The van der Waals surface area contributed by atoms with Crippen molar-refractivity contribution < 1.29 is 19.2 Å². The molecule has 0 aliphatic carbocycles. The number of rotatable bonds is 10. The number of nitro groups is 1. The molecule has 10 heteroatoms. The number of para-hydroxylation sites is 2. The number of nitrogens with one attached hydrogen (secondary N) is 1. The van der Waals surface area contributed by atoms with Crippen molar-refractivity contribution >= 4 is 28.9 Å². The lowest BCUT2D eigenvalue weighted by Gasteiger charge is -2.23. The van der Waals surface area contributed by atoms with Crippen LogP contribution in [0.25, 0.3) is 0 Å². The summed E-state index contributed by atoms with van der Waals surface area (Å²) in [6, 6.07) is 18.6. The maximum absolute atomic E-state index is 12.2. The van der Waals surface area contributed by atoms with Gasteiger partial charge in [-0.05, 0) is 36.4 Å². The van der Waals surface area contributed by atoms with Crippen LogP contribution in [-0.2, 0) is 0 Å². The van der Waals surface area contributed by atoms with Gasteiger partial charge in [-0.1, -0.05) is 24.3 Å². The second-order valence-corrected chi connectivity index (χ2v) is 6.91. The van der Waals surface area contributed by atoms with Crippen LogP contribution in [-0.4, -0.2) is 30.0 Å². The number of benzene rings is 3. The number of amides is 2.